The van der Waals surface area contributed by atoms with Gasteiger partial charge in [-0.15, -0.1) is 0 Å². The molecule has 94 valence electrons. The standard InChI is InChI=1S/C17H14O2/c1-12(18)19-17-15-10-6-2-4-8-13(15)14-9-5-3-7-11-16(14)17/h2-10H,11H2,1H3. The van der Waals surface area contributed by atoms with Gasteiger partial charge in [0.2, 0.25) is 0 Å². The Balaban J connectivity index is 2.30. The Labute approximate surface area is 112 Å². The summed E-state index contributed by atoms with van der Waals surface area (Å²) in [5.74, 6) is 0.420. The molecule has 19 heavy (non-hydrogen) atoms. The zero-order chi connectivity index (χ0) is 13.2. The Morgan fingerprint density at radius 1 is 1.11 bits per heavy atom. The number of esters is 1. The van der Waals surface area contributed by atoms with Crippen LogP contribution >= 0.6 is 0 Å². The fourth-order valence-corrected chi connectivity index (χ4v) is 2.50. The van der Waals surface area contributed by atoms with E-state index < -0.39 is 0 Å². The van der Waals surface area contributed by atoms with Gasteiger partial charge in [0.25, 0.3) is 0 Å². The van der Waals surface area contributed by atoms with Crippen molar-refractivity contribution >= 4 is 12.0 Å². The first-order valence-electron chi connectivity index (χ1n) is 6.32. The molecule has 0 saturated carbocycles. The molecule has 0 saturated heterocycles. The normalized spacial score (nSPS) is 13.1. The third-order valence-electron chi connectivity index (χ3n) is 3.25. The molecule has 0 atom stereocenters. The molecule has 0 unspecified atom stereocenters. The van der Waals surface area contributed by atoms with E-state index in [-0.39, 0.29) is 5.97 Å². The number of fused-ring (bicyclic) bond motifs is 3. The zero-order valence-electron chi connectivity index (χ0n) is 10.7. The molecular formula is C17H14O2. The van der Waals surface area contributed by atoms with Crippen LogP contribution < -0.4 is 4.74 Å². The molecule has 0 heterocycles. The van der Waals surface area contributed by atoms with Crippen molar-refractivity contribution in [1.82, 2.24) is 0 Å². The van der Waals surface area contributed by atoms with Crippen LogP contribution in [0.5, 0.6) is 5.75 Å². The third-order valence-corrected chi connectivity index (χ3v) is 3.25. The van der Waals surface area contributed by atoms with E-state index in [2.05, 4.69) is 18.2 Å². The zero-order valence-corrected chi connectivity index (χ0v) is 10.7. The molecule has 3 rings (SSSR count). The van der Waals surface area contributed by atoms with Crippen LogP contribution in [0.4, 0.5) is 0 Å². The molecule has 0 spiro atoms. The SMILES string of the molecule is CC(=O)Oc1c2cccccc-2c2c1CC=CC=C2. The fraction of sp³-hybridized carbons (Fsp3) is 0.118. The Morgan fingerprint density at radius 3 is 2.68 bits per heavy atom. The molecule has 0 radical (unpaired) electrons. The van der Waals surface area contributed by atoms with Gasteiger partial charge < -0.3 is 4.74 Å². The van der Waals surface area contributed by atoms with Crippen LogP contribution in [0.25, 0.3) is 17.2 Å². The molecule has 0 aromatic carbocycles. The topological polar surface area (TPSA) is 26.3 Å². The second-order valence-corrected chi connectivity index (χ2v) is 4.54. The summed E-state index contributed by atoms with van der Waals surface area (Å²) in [6, 6.07) is 10.0. The lowest BCUT2D eigenvalue weighted by Gasteiger charge is -2.04. The molecule has 2 heteroatoms. The van der Waals surface area contributed by atoms with Crippen molar-refractivity contribution in [2.75, 3.05) is 0 Å². The molecule has 2 nitrogen and oxygen atoms in total. The van der Waals surface area contributed by atoms with E-state index in [1.807, 2.05) is 36.4 Å². The van der Waals surface area contributed by atoms with Crippen molar-refractivity contribution in [1.29, 1.82) is 0 Å². The van der Waals surface area contributed by atoms with E-state index in [0.717, 1.165) is 28.7 Å². The third kappa shape index (κ3) is 2.06. The van der Waals surface area contributed by atoms with Crippen LogP contribution in [0.2, 0.25) is 0 Å². The van der Waals surface area contributed by atoms with Crippen LogP contribution in [-0.4, -0.2) is 5.97 Å². The highest BCUT2D eigenvalue weighted by Gasteiger charge is 2.23. The quantitative estimate of drug-likeness (QED) is 0.719. The molecule has 0 aromatic rings. The van der Waals surface area contributed by atoms with Crippen LogP contribution in [0.3, 0.4) is 0 Å². The van der Waals surface area contributed by atoms with Gasteiger partial charge in [-0.1, -0.05) is 54.6 Å². The Hall–Kier alpha value is -2.35. The number of hydrogen-bond acceptors (Lipinski definition) is 2. The molecule has 0 fully saturated rings. The summed E-state index contributed by atoms with van der Waals surface area (Å²) in [7, 11) is 0. The van der Waals surface area contributed by atoms with Crippen molar-refractivity contribution < 1.29 is 9.53 Å². The highest BCUT2D eigenvalue weighted by Crippen LogP contribution is 2.44. The van der Waals surface area contributed by atoms with Gasteiger partial charge in [0.1, 0.15) is 5.75 Å². The van der Waals surface area contributed by atoms with Gasteiger partial charge in [0.05, 0.1) is 0 Å². The largest absolute Gasteiger partial charge is 0.426 e. The van der Waals surface area contributed by atoms with Gasteiger partial charge in [-0.3, -0.25) is 4.79 Å². The second-order valence-electron chi connectivity index (χ2n) is 4.54. The molecular weight excluding hydrogens is 236 g/mol. The first-order chi connectivity index (χ1) is 9.27. The average molecular weight is 250 g/mol. The lowest BCUT2D eigenvalue weighted by Crippen LogP contribution is -2.03. The number of carbonyl (C=O) groups excluding carboxylic acids is 1. The predicted octanol–water partition coefficient (Wildman–Crippen LogP) is 3.84. The van der Waals surface area contributed by atoms with E-state index in [0.29, 0.717) is 5.75 Å². The van der Waals surface area contributed by atoms with Crippen molar-refractivity contribution in [2.24, 2.45) is 0 Å². The Bertz CT molecular complexity index is 665. The summed E-state index contributed by atoms with van der Waals surface area (Å²) >= 11 is 0. The van der Waals surface area contributed by atoms with E-state index in [1.165, 1.54) is 6.92 Å². The van der Waals surface area contributed by atoms with E-state index >= 15 is 0 Å². The summed E-state index contributed by atoms with van der Waals surface area (Å²) in [5.41, 5.74) is 4.34. The van der Waals surface area contributed by atoms with Crippen molar-refractivity contribution in [3.05, 3.63) is 59.7 Å². The van der Waals surface area contributed by atoms with E-state index in [4.69, 9.17) is 4.74 Å². The lowest BCUT2D eigenvalue weighted by atomic mass is 10.1. The first-order valence-corrected chi connectivity index (χ1v) is 6.32. The molecule has 0 aromatic heterocycles. The van der Waals surface area contributed by atoms with Gasteiger partial charge in [-0.05, 0) is 17.5 Å². The molecule has 3 aliphatic carbocycles. The maximum atomic E-state index is 11.3. The number of allylic oxidation sites excluding steroid dienone is 3. The molecule has 0 N–H and O–H groups in total. The van der Waals surface area contributed by atoms with Gasteiger partial charge in [-0.25, -0.2) is 0 Å². The molecule has 0 amide bonds. The highest BCUT2D eigenvalue weighted by molar-refractivity contribution is 5.90. The summed E-state index contributed by atoms with van der Waals surface area (Å²) in [6.45, 7) is 1.44. The average Bonchev–Trinajstić information content (AvgIpc) is 2.65. The molecule has 0 aliphatic heterocycles. The predicted molar refractivity (Wildman–Crippen MR) is 76.3 cm³/mol. The first kappa shape index (κ1) is 11.7. The maximum Gasteiger partial charge on any atom is 0.308 e. The minimum atomic E-state index is -0.279. The van der Waals surface area contributed by atoms with Gasteiger partial charge in [0.15, 0.2) is 0 Å². The smallest absolute Gasteiger partial charge is 0.308 e. The maximum absolute atomic E-state index is 11.3. The molecule has 3 aliphatic rings. The fourth-order valence-electron chi connectivity index (χ4n) is 2.50. The van der Waals surface area contributed by atoms with Crippen LogP contribution in [0.15, 0.2) is 48.6 Å². The minimum absolute atomic E-state index is 0.279. The summed E-state index contributed by atoms with van der Waals surface area (Å²) < 4.78 is 5.46. The summed E-state index contributed by atoms with van der Waals surface area (Å²) in [5, 5.41) is 0. The monoisotopic (exact) mass is 250 g/mol. The minimum Gasteiger partial charge on any atom is -0.426 e. The summed E-state index contributed by atoms with van der Waals surface area (Å²) in [6.07, 6.45) is 8.98. The van der Waals surface area contributed by atoms with Crippen molar-refractivity contribution in [2.45, 2.75) is 13.3 Å². The number of carbonyl (C=O) groups is 1. The Kier molecular flexibility index (Phi) is 2.92. The van der Waals surface area contributed by atoms with E-state index in [9.17, 15) is 4.79 Å². The number of hydrogen-bond donors (Lipinski definition) is 0. The second kappa shape index (κ2) is 4.73. The Morgan fingerprint density at radius 2 is 1.89 bits per heavy atom. The van der Waals surface area contributed by atoms with Crippen molar-refractivity contribution in [3.8, 4) is 16.9 Å². The van der Waals surface area contributed by atoms with Gasteiger partial charge >= 0.3 is 5.97 Å². The lowest BCUT2D eigenvalue weighted by molar-refractivity contribution is -0.131. The van der Waals surface area contributed by atoms with Gasteiger partial charge in [-0.2, -0.15) is 0 Å². The highest BCUT2D eigenvalue weighted by atomic mass is 16.5. The molecule has 0 bridgehead atoms. The van der Waals surface area contributed by atoms with E-state index in [1.54, 1.807) is 0 Å². The van der Waals surface area contributed by atoms with Crippen LogP contribution in [0, 0.1) is 0 Å². The van der Waals surface area contributed by atoms with Crippen LogP contribution in [-0.2, 0) is 11.2 Å². The summed E-state index contributed by atoms with van der Waals surface area (Å²) in [4.78, 5) is 11.3. The van der Waals surface area contributed by atoms with Gasteiger partial charge in [0, 0.05) is 18.1 Å². The number of ether oxygens (including phenoxy) is 1. The number of rotatable bonds is 1. The van der Waals surface area contributed by atoms with Crippen LogP contribution in [0.1, 0.15) is 18.1 Å². The van der Waals surface area contributed by atoms with Crippen molar-refractivity contribution in [3.63, 3.8) is 0 Å².